The highest BCUT2D eigenvalue weighted by Crippen LogP contribution is 2.36. The fraction of sp³-hybridized carbons (Fsp3) is 0.565. The highest BCUT2D eigenvalue weighted by molar-refractivity contribution is 7.88. The Balaban J connectivity index is 1.35. The molecule has 2 aliphatic rings. The summed E-state index contributed by atoms with van der Waals surface area (Å²) in [5.74, 6) is -0.283. The monoisotopic (exact) mass is 506 g/mol. The first kappa shape index (κ1) is 23.7. The fourth-order valence-corrected chi connectivity index (χ4v) is 6.85. The van der Waals surface area contributed by atoms with E-state index in [0.717, 1.165) is 40.3 Å². The second-order valence-electron chi connectivity index (χ2n) is 10.0. The van der Waals surface area contributed by atoms with E-state index in [4.69, 9.17) is 0 Å². The molecule has 8 nitrogen and oxygen atoms in total. The summed E-state index contributed by atoms with van der Waals surface area (Å²) in [5, 5.41) is 13.1. The number of thiazole rings is 1. The minimum atomic E-state index is -3.15. The zero-order chi connectivity index (χ0) is 24.1. The molecule has 184 valence electrons. The SMILES string of the molecule is CC1(C)CC(n2ncc3cc(F)c(-c4cnc(NC5CCN(S(C)(=O)=O)CC5)s4)cc32)CCN1. The van der Waals surface area contributed by atoms with Gasteiger partial charge in [-0.05, 0) is 58.2 Å². The van der Waals surface area contributed by atoms with Crippen LogP contribution in [-0.2, 0) is 10.0 Å². The van der Waals surface area contributed by atoms with Gasteiger partial charge in [0.1, 0.15) is 5.82 Å². The third kappa shape index (κ3) is 4.84. The molecule has 3 aromatic rings. The number of hydrogen-bond donors (Lipinski definition) is 2. The van der Waals surface area contributed by atoms with Gasteiger partial charge in [0, 0.05) is 41.8 Å². The van der Waals surface area contributed by atoms with Crippen molar-refractivity contribution in [2.24, 2.45) is 0 Å². The molecule has 0 saturated carbocycles. The smallest absolute Gasteiger partial charge is 0.211 e. The van der Waals surface area contributed by atoms with Crippen LogP contribution in [0.4, 0.5) is 9.52 Å². The van der Waals surface area contributed by atoms with Crippen molar-refractivity contribution in [1.29, 1.82) is 0 Å². The van der Waals surface area contributed by atoms with Gasteiger partial charge in [0.25, 0.3) is 0 Å². The van der Waals surface area contributed by atoms with Crippen molar-refractivity contribution in [2.45, 2.75) is 57.2 Å². The van der Waals surface area contributed by atoms with Gasteiger partial charge in [0.05, 0.1) is 28.9 Å². The number of halogens is 1. The summed E-state index contributed by atoms with van der Waals surface area (Å²) in [7, 11) is -3.15. The molecular weight excluding hydrogens is 475 g/mol. The molecule has 1 atom stereocenters. The van der Waals surface area contributed by atoms with E-state index in [9.17, 15) is 8.42 Å². The molecular formula is C23H31FN6O2S2. The number of nitrogens with one attached hydrogen (secondary N) is 2. The lowest BCUT2D eigenvalue weighted by atomic mass is 9.89. The summed E-state index contributed by atoms with van der Waals surface area (Å²) < 4.78 is 42.1. The molecule has 0 spiro atoms. The molecule has 0 radical (unpaired) electrons. The molecule has 2 N–H and O–H groups in total. The highest BCUT2D eigenvalue weighted by Gasteiger charge is 2.30. The van der Waals surface area contributed by atoms with Crippen LogP contribution in [0.3, 0.4) is 0 Å². The Morgan fingerprint density at radius 1 is 1.21 bits per heavy atom. The maximum atomic E-state index is 15.1. The van der Waals surface area contributed by atoms with Crippen molar-refractivity contribution in [1.82, 2.24) is 24.4 Å². The fourth-order valence-electron chi connectivity index (χ4n) is 5.07. The summed E-state index contributed by atoms with van der Waals surface area (Å²) in [4.78, 5) is 5.23. The average Bonchev–Trinajstić information content (AvgIpc) is 3.39. The quantitative estimate of drug-likeness (QED) is 0.546. The van der Waals surface area contributed by atoms with Gasteiger partial charge in [0.15, 0.2) is 5.13 Å². The van der Waals surface area contributed by atoms with E-state index in [1.165, 1.54) is 21.9 Å². The summed E-state index contributed by atoms with van der Waals surface area (Å²) in [6.45, 7) is 6.33. The van der Waals surface area contributed by atoms with E-state index >= 15 is 4.39 Å². The molecule has 2 saturated heterocycles. The third-order valence-electron chi connectivity index (χ3n) is 6.88. The largest absolute Gasteiger partial charge is 0.359 e. The van der Waals surface area contributed by atoms with Crippen LogP contribution in [-0.4, -0.2) is 65.0 Å². The molecule has 2 aliphatic heterocycles. The van der Waals surface area contributed by atoms with Crippen molar-refractivity contribution in [3.8, 4) is 10.4 Å². The zero-order valence-corrected chi connectivity index (χ0v) is 21.3. The van der Waals surface area contributed by atoms with E-state index in [1.54, 1.807) is 18.5 Å². The molecule has 5 rings (SSSR count). The average molecular weight is 507 g/mol. The number of hydrogen-bond acceptors (Lipinski definition) is 7. The number of rotatable bonds is 5. The van der Waals surface area contributed by atoms with Crippen LogP contribution >= 0.6 is 11.3 Å². The molecule has 2 fully saturated rings. The Bertz CT molecular complexity index is 1290. The molecule has 1 unspecified atom stereocenters. The van der Waals surface area contributed by atoms with Gasteiger partial charge in [-0.3, -0.25) is 4.68 Å². The Kier molecular flexibility index (Phi) is 6.16. The predicted octanol–water partition coefficient (Wildman–Crippen LogP) is 3.84. The van der Waals surface area contributed by atoms with Crippen LogP contribution < -0.4 is 10.6 Å². The van der Waals surface area contributed by atoms with E-state index in [1.807, 2.05) is 6.07 Å². The van der Waals surface area contributed by atoms with Crippen LogP contribution in [0.15, 0.2) is 24.5 Å². The van der Waals surface area contributed by atoms with Gasteiger partial charge >= 0.3 is 0 Å². The summed E-state index contributed by atoms with van der Waals surface area (Å²) in [5.41, 5.74) is 1.51. The Morgan fingerprint density at radius 3 is 2.68 bits per heavy atom. The Morgan fingerprint density at radius 2 is 1.97 bits per heavy atom. The zero-order valence-electron chi connectivity index (χ0n) is 19.7. The number of sulfonamides is 1. The molecule has 1 aromatic carbocycles. The van der Waals surface area contributed by atoms with Crippen LogP contribution in [0.25, 0.3) is 21.3 Å². The van der Waals surface area contributed by atoms with Crippen LogP contribution in [0, 0.1) is 5.82 Å². The normalized spacial score (nSPS) is 22.3. The lowest BCUT2D eigenvalue weighted by Crippen LogP contribution is -2.46. The Hall–Kier alpha value is -2.08. The molecule has 11 heteroatoms. The van der Waals surface area contributed by atoms with Crippen molar-refractivity contribution >= 4 is 37.4 Å². The predicted molar refractivity (Wildman–Crippen MR) is 134 cm³/mol. The number of benzene rings is 1. The summed E-state index contributed by atoms with van der Waals surface area (Å²) in [6.07, 6.45) is 8.08. The minimum absolute atomic E-state index is 0.0414. The van der Waals surface area contributed by atoms with E-state index in [-0.39, 0.29) is 23.4 Å². The van der Waals surface area contributed by atoms with Gasteiger partial charge in [-0.1, -0.05) is 11.3 Å². The van der Waals surface area contributed by atoms with Crippen LogP contribution in [0.1, 0.15) is 45.6 Å². The van der Waals surface area contributed by atoms with Crippen molar-refractivity contribution < 1.29 is 12.8 Å². The van der Waals surface area contributed by atoms with E-state index < -0.39 is 10.0 Å². The standard InChI is InChI=1S/C23H31FN6O2S2/c1-23(2)12-17(4-7-26-23)30-20-11-18(19(24)10-15(20)13-27-30)21-14-25-22(33-21)28-16-5-8-29(9-6-16)34(3,31)32/h10-11,13-14,16-17,26H,4-9,12H2,1-3H3,(H,25,28). The second kappa shape index (κ2) is 8.85. The number of fused-ring (bicyclic) bond motifs is 1. The highest BCUT2D eigenvalue weighted by atomic mass is 32.2. The molecule has 4 heterocycles. The summed E-state index contributed by atoms with van der Waals surface area (Å²) >= 11 is 1.42. The van der Waals surface area contributed by atoms with Gasteiger partial charge in [-0.15, -0.1) is 0 Å². The van der Waals surface area contributed by atoms with Crippen LogP contribution in [0.5, 0.6) is 0 Å². The number of nitrogens with zero attached hydrogens (tertiary/aromatic N) is 4. The first-order valence-corrected chi connectivity index (χ1v) is 14.4. The molecule has 0 bridgehead atoms. The molecule has 0 amide bonds. The van der Waals surface area contributed by atoms with E-state index in [0.29, 0.717) is 31.5 Å². The van der Waals surface area contributed by atoms with Gasteiger partial charge in [-0.25, -0.2) is 22.1 Å². The lowest BCUT2D eigenvalue weighted by molar-refractivity contribution is 0.225. The third-order valence-corrected chi connectivity index (χ3v) is 9.14. The maximum Gasteiger partial charge on any atom is 0.211 e. The van der Waals surface area contributed by atoms with Crippen molar-refractivity contribution in [3.05, 3.63) is 30.3 Å². The van der Waals surface area contributed by atoms with Crippen LogP contribution in [0.2, 0.25) is 0 Å². The minimum Gasteiger partial charge on any atom is -0.359 e. The second-order valence-corrected chi connectivity index (χ2v) is 13.1. The van der Waals surface area contributed by atoms with Crippen molar-refractivity contribution in [3.63, 3.8) is 0 Å². The van der Waals surface area contributed by atoms with Gasteiger partial charge in [-0.2, -0.15) is 5.10 Å². The topological polar surface area (TPSA) is 92.2 Å². The number of piperidine rings is 2. The van der Waals surface area contributed by atoms with Gasteiger partial charge < -0.3 is 10.6 Å². The van der Waals surface area contributed by atoms with Crippen molar-refractivity contribution in [2.75, 3.05) is 31.2 Å². The Labute approximate surface area is 203 Å². The summed E-state index contributed by atoms with van der Waals surface area (Å²) in [6, 6.07) is 3.88. The van der Waals surface area contributed by atoms with Gasteiger partial charge in [0.2, 0.25) is 10.0 Å². The molecule has 0 aliphatic carbocycles. The number of aromatic nitrogens is 3. The maximum absolute atomic E-state index is 15.1. The first-order chi connectivity index (χ1) is 16.1. The number of anilines is 1. The first-order valence-electron chi connectivity index (χ1n) is 11.7. The van der Waals surface area contributed by atoms with E-state index in [2.05, 4.69) is 39.2 Å². The molecule has 34 heavy (non-hydrogen) atoms. The lowest BCUT2D eigenvalue weighted by Gasteiger charge is -2.36. The molecule has 2 aromatic heterocycles.